The van der Waals surface area contributed by atoms with E-state index in [0.29, 0.717) is 5.92 Å². The lowest BCUT2D eigenvalue weighted by Gasteiger charge is -2.40. The molecular weight excluding hydrogens is 232 g/mol. The van der Waals surface area contributed by atoms with E-state index in [0.717, 1.165) is 31.2 Å². The molecule has 1 N–H and O–H groups in total. The third kappa shape index (κ3) is 2.86. The van der Waals surface area contributed by atoms with Gasteiger partial charge in [0.1, 0.15) is 0 Å². The molecule has 1 saturated carbocycles. The maximum Gasteiger partial charge on any atom is 0.0924 e. The van der Waals surface area contributed by atoms with Crippen molar-refractivity contribution in [1.29, 1.82) is 0 Å². The topological polar surface area (TPSA) is 20.2 Å². The molecule has 0 radical (unpaired) electrons. The van der Waals surface area contributed by atoms with Gasteiger partial charge in [0.2, 0.25) is 0 Å². The van der Waals surface area contributed by atoms with Crippen LogP contribution in [0.3, 0.4) is 0 Å². The smallest absolute Gasteiger partial charge is 0.0924 e. The van der Waals surface area contributed by atoms with Gasteiger partial charge in [-0.2, -0.15) is 0 Å². The molecule has 0 spiro atoms. The first-order chi connectivity index (χ1) is 8.88. The lowest BCUT2D eigenvalue weighted by Crippen LogP contribution is -2.37. The van der Waals surface area contributed by atoms with Crippen molar-refractivity contribution in [2.45, 2.75) is 70.8 Å². The van der Waals surface area contributed by atoms with E-state index in [4.69, 9.17) is 0 Å². The first kappa shape index (κ1) is 14.6. The van der Waals surface area contributed by atoms with Crippen molar-refractivity contribution in [1.82, 2.24) is 0 Å². The minimum absolute atomic E-state index is 0.178. The lowest BCUT2D eigenvalue weighted by molar-refractivity contribution is -0.0557. The van der Waals surface area contributed by atoms with Gasteiger partial charge < -0.3 is 5.11 Å². The first-order valence-electron chi connectivity index (χ1n) is 7.71. The molecule has 2 rings (SSSR count). The van der Waals surface area contributed by atoms with Crippen molar-refractivity contribution in [3.63, 3.8) is 0 Å². The van der Waals surface area contributed by atoms with Crippen LogP contribution in [-0.4, -0.2) is 5.11 Å². The average Bonchev–Trinajstić information content (AvgIpc) is 2.38. The van der Waals surface area contributed by atoms with E-state index in [1.165, 1.54) is 12.0 Å². The highest BCUT2D eigenvalue weighted by Crippen LogP contribution is 2.43. The largest absolute Gasteiger partial charge is 0.385 e. The van der Waals surface area contributed by atoms with Gasteiger partial charge in [-0.3, -0.25) is 0 Å². The van der Waals surface area contributed by atoms with Crippen LogP contribution >= 0.6 is 0 Å². The summed E-state index contributed by atoms with van der Waals surface area (Å²) < 4.78 is 0. The molecule has 1 heteroatoms. The molecule has 1 fully saturated rings. The van der Waals surface area contributed by atoms with Crippen LogP contribution in [0.15, 0.2) is 24.3 Å². The second kappa shape index (κ2) is 5.28. The molecule has 1 aliphatic carbocycles. The summed E-state index contributed by atoms with van der Waals surface area (Å²) in [6.07, 6.45) is 5.56. The molecule has 106 valence electrons. The Labute approximate surface area is 118 Å². The van der Waals surface area contributed by atoms with Gasteiger partial charge in [0, 0.05) is 0 Å². The van der Waals surface area contributed by atoms with E-state index in [-0.39, 0.29) is 5.41 Å². The predicted octanol–water partition coefficient (Wildman–Crippen LogP) is 4.77. The summed E-state index contributed by atoms with van der Waals surface area (Å²) in [6, 6.07) is 8.67. The van der Waals surface area contributed by atoms with Crippen LogP contribution in [-0.2, 0) is 11.0 Å². The molecular formula is C18H28O. The van der Waals surface area contributed by atoms with Crippen molar-refractivity contribution < 1.29 is 5.11 Å². The summed E-state index contributed by atoms with van der Waals surface area (Å²) in [6.45, 7) is 8.88. The standard InChI is InChI=1S/C18H28O/c1-5-14-8-6-7-13-18(14,19)16-11-9-15(10-12-16)17(2,3)4/h9-12,14,19H,5-8,13H2,1-4H3. The van der Waals surface area contributed by atoms with Gasteiger partial charge in [-0.15, -0.1) is 0 Å². The minimum atomic E-state index is -0.594. The van der Waals surface area contributed by atoms with Crippen molar-refractivity contribution in [2.24, 2.45) is 5.92 Å². The van der Waals surface area contributed by atoms with E-state index in [9.17, 15) is 5.11 Å². The van der Waals surface area contributed by atoms with Gasteiger partial charge in [0.15, 0.2) is 0 Å². The quantitative estimate of drug-likeness (QED) is 0.812. The summed E-state index contributed by atoms with van der Waals surface area (Å²) >= 11 is 0. The Morgan fingerprint density at radius 1 is 1.16 bits per heavy atom. The van der Waals surface area contributed by atoms with Crippen LogP contribution in [0.25, 0.3) is 0 Å². The second-order valence-electron chi connectivity index (χ2n) is 7.10. The molecule has 0 aromatic heterocycles. The molecule has 0 bridgehead atoms. The van der Waals surface area contributed by atoms with Gasteiger partial charge in [0.25, 0.3) is 0 Å². The first-order valence-corrected chi connectivity index (χ1v) is 7.71. The Hall–Kier alpha value is -0.820. The molecule has 0 aliphatic heterocycles. The van der Waals surface area contributed by atoms with Gasteiger partial charge in [0.05, 0.1) is 5.60 Å². The highest BCUT2D eigenvalue weighted by molar-refractivity contribution is 5.31. The van der Waals surface area contributed by atoms with Gasteiger partial charge in [-0.25, -0.2) is 0 Å². The monoisotopic (exact) mass is 260 g/mol. The summed E-state index contributed by atoms with van der Waals surface area (Å²) in [5.41, 5.74) is 2.04. The van der Waals surface area contributed by atoms with Crippen LogP contribution in [0.1, 0.15) is 70.9 Å². The SMILES string of the molecule is CCC1CCCCC1(O)c1ccc(C(C)(C)C)cc1. The fourth-order valence-corrected chi connectivity index (χ4v) is 3.41. The molecule has 0 amide bonds. The third-order valence-corrected chi connectivity index (χ3v) is 4.78. The minimum Gasteiger partial charge on any atom is -0.385 e. The molecule has 1 aromatic carbocycles. The Kier molecular flexibility index (Phi) is 4.06. The highest BCUT2D eigenvalue weighted by atomic mass is 16.3. The summed E-state index contributed by atoms with van der Waals surface area (Å²) in [5.74, 6) is 0.418. The van der Waals surface area contributed by atoms with Crippen LogP contribution in [0.2, 0.25) is 0 Å². The normalized spacial score (nSPS) is 28.4. The summed E-state index contributed by atoms with van der Waals surface area (Å²) in [5, 5.41) is 11.1. The zero-order valence-electron chi connectivity index (χ0n) is 12.9. The van der Waals surface area contributed by atoms with Gasteiger partial charge in [-0.1, -0.05) is 71.2 Å². The van der Waals surface area contributed by atoms with Crippen LogP contribution in [0.4, 0.5) is 0 Å². The number of hydrogen-bond acceptors (Lipinski definition) is 1. The van der Waals surface area contributed by atoms with Crippen LogP contribution in [0, 0.1) is 5.92 Å². The zero-order chi connectivity index (χ0) is 14.1. The van der Waals surface area contributed by atoms with Crippen molar-refractivity contribution >= 4 is 0 Å². The molecule has 1 aromatic rings. The Bertz CT molecular complexity index is 412. The number of benzene rings is 1. The summed E-state index contributed by atoms with van der Waals surface area (Å²) in [4.78, 5) is 0. The molecule has 1 aliphatic rings. The van der Waals surface area contributed by atoms with E-state index in [1.54, 1.807) is 0 Å². The highest BCUT2D eigenvalue weighted by Gasteiger charge is 2.39. The van der Waals surface area contributed by atoms with Gasteiger partial charge >= 0.3 is 0 Å². The van der Waals surface area contributed by atoms with Crippen molar-refractivity contribution in [3.8, 4) is 0 Å². The fraction of sp³-hybridized carbons (Fsp3) is 0.667. The molecule has 1 nitrogen and oxygen atoms in total. The predicted molar refractivity (Wildman–Crippen MR) is 81.3 cm³/mol. The second-order valence-corrected chi connectivity index (χ2v) is 7.10. The molecule has 0 heterocycles. The number of aliphatic hydroxyl groups is 1. The van der Waals surface area contributed by atoms with E-state index >= 15 is 0 Å². The average molecular weight is 260 g/mol. The van der Waals surface area contributed by atoms with Crippen LogP contribution in [0.5, 0.6) is 0 Å². The molecule has 0 saturated heterocycles. The maximum atomic E-state index is 11.1. The van der Waals surface area contributed by atoms with Gasteiger partial charge in [-0.05, 0) is 35.3 Å². The molecule has 2 unspecified atom stereocenters. The van der Waals surface area contributed by atoms with E-state index < -0.39 is 5.60 Å². The Morgan fingerprint density at radius 3 is 2.32 bits per heavy atom. The fourth-order valence-electron chi connectivity index (χ4n) is 3.41. The molecule has 19 heavy (non-hydrogen) atoms. The summed E-state index contributed by atoms with van der Waals surface area (Å²) in [7, 11) is 0. The van der Waals surface area contributed by atoms with E-state index in [1.807, 2.05) is 0 Å². The van der Waals surface area contributed by atoms with Crippen molar-refractivity contribution in [2.75, 3.05) is 0 Å². The number of hydrogen-bond donors (Lipinski definition) is 1. The third-order valence-electron chi connectivity index (χ3n) is 4.78. The Balaban J connectivity index is 2.30. The van der Waals surface area contributed by atoms with Crippen LogP contribution < -0.4 is 0 Å². The van der Waals surface area contributed by atoms with E-state index in [2.05, 4.69) is 52.0 Å². The Morgan fingerprint density at radius 2 is 1.79 bits per heavy atom. The van der Waals surface area contributed by atoms with Crippen molar-refractivity contribution in [3.05, 3.63) is 35.4 Å². The zero-order valence-corrected chi connectivity index (χ0v) is 12.9. The lowest BCUT2D eigenvalue weighted by atomic mass is 9.70. The molecule has 2 atom stereocenters. The number of rotatable bonds is 2. The maximum absolute atomic E-state index is 11.1.